The number of H-pyrrole nitrogens is 1. The molecule has 1 N–H and O–H groups in total. The van der Waals surface area contributed by atoms with Crippen LogP contribution in [0.15, 0.2) is 20.8 Å². The van der Waals surface area contributed by atoms with E-state index in [1.807, 2.05) is 0 Å². The van der Waals surface area contributed by atoms with Gasteiger partial charge in [-0.25, -0.2) is 4.79 Å². The first-order chi connectivity index (χ1) is 12.1. The van der Waals surface area contributed by atoms with Crippen LogP contribution >= 0.6 is 15.9 Å². The molecule has 1 fully saturated rings. The lowest BCUT2D eigenvalue weighted by atomic mass is 10.1. The number of hydrogen-bond donors (Lipinski definition) is 1. The van der Waals surface area contributed by atoms with Crippen LogP contribution in [0.5, 0.6) is 0 Å². The molecule has 25 heavy (non-hydrogen) atoms. The molecule has 3 atom stereocenters. The summed E-state index contributed by atoms with van der Waals surface area (Å²) in [6.45, 7) is 0.845. The number of nitrogens with zero attached hydrogens (tertiary/aromatic N) is 1. The molecule has 0 spiro atoms. The van der Waals surface area contributed by atoms with E-state index in [9.17, 15) is 9.59 Å². The highest BCUT2D eigenvalue weighted by Gasteiger charge is 2.36. The predicted octanol–water partition coefficient (Wildman–Crippen LogP) is 1.46. The van der Waals surface area contributed by atoms with Crippen LogP contribution in [0.4, 0.5) is 0 Å². The van der Waals surface area contributed by atoms with Crippen LogP contribution < -0.4 is 11.2 Å². The summed E-state index contributed by atoms with van der Waals surface area (Å²) in [5.74, 6) is 0.101. The SMILES string of the molecule is COCOC[C@H]1C[C@@H](n2cc(/C=C/Br)c(=O)[nH]c2=O)C[C@@H]1OCOC. The molecule has 0 aliphatic heterocycles. The molecule has 1 aliphatic carbocycles. The van der Waals surface area contributed by atoms with Crippen molar-refractivity contribution in [3.8, 4) is 0 Å². The molecule has 0 saturated heterocycles. The highest BCUT2D eigenvalue weighted by atomic mass is 79.9. The summed E-state index contributed by atoms with van der Waals surface area (Å²) in [6.07, 6.45) is 4.41. The van der Waals surface area contributed by atoms with Gasteiger partial charge in [-0.3, -0.25) is 14.3 Å². The van der Waals surface area contributed by atoms with E-state index in [0.717, 1.165) is 0 Å². The van der Waals surface area contributed by atoms with E-state index in [1.54, 1.807) is 36.0 Å². The number of rotatable bonds is 9. The zero-order valence-corrected chi connectivity index (χ0v) is 15.9. The van der Waals surface area contributed by atoms with E-state index in [4.69, 9.17) is 18.9 Å². The fraction of sp³-hybridized carbons (Fsp3) is 0.625. The Morgan fingerprint density at radius 3 is 2.72 bits per heavy atom. The number of aromatic amines is 1. The molecular formula is C16H23BrN2O6. The maximum atomic E-state index is 12.2. The third-order valence-electron chi connectivity index (χ3n) is 4.17. The van der Waals surface area contributed by atoms with Gasteiger partial charge < -0.3 is 18.9 Å². The summed E-state index contributed by atoms with van der Waals surface area (Å²) < 4.78 is 22.7. The fourth-order valence-electron chi connectivity index (χ4n) is 3.06. The Morgan fingerprint density at radius 1 is 1.28 bits per heavy atom. The Bertz CT molecular complexity index is 686. The molecule has 140 valence electrons. The maximum absolute atomic E-state index is 12.2. The predicted molar refractivity (Wildman–Crippen MR) is 95.6 cm³/mol. The first-order valence-electron chi connectivity index (χ1n) is 7.90. The zero-order chi connectivity index (χ0) is 18.2. The number of methoxy groups -OCH3 is 2. The van der Waals surface area contributed by atoms with Crippen molar-refractivity contribution in [3.05, 3.63) is 37.6 Å². The van der Waals surface area contributed by atoms with Crippen molar-refractivity contribution in [1.29, 1.82) is 0 Å². The minimum atomic E-state index is -0.425. The Morgan fingerprint density at radius 2 is 2.04 bits per heavy atom. The van der Waals surface area contributed by atoms with Crippen LogP contribution in [-0.4, -0.2) is 50.1 Å². The van der Waals surface area contributed by atoms with Gasteiger partial charge in [0.2, 0.25) is 0 Å². The first kappa shape index (κ1) is 20.1. The van der Waals surface area contributed by atoms with Crippen molar-refractivity contribution in [2.24, 2.45) is 5.92 Å². The van der Waals surface area contributed by atoms with Gasteiger partial charge in [-0.1, -0.05) is 15.9 Å². The Balaban J connectivity index is 2.20. The van der Waals surface area contributed by atoms with Crippen LogP contribution in [-0.2, 0) is 18.9 Å². The standard InChI is InChI=1S/C16H23BrN2O6/c1-22-9-24-8-12-5-13(6-14(12)25-10-23-2)19-7-11(3-4-17)15(20)18-16(19)21/h3-4,7,12-14H,5-6,8-10H2,1-2H3,(H,18,20,21)/b4-3+/t12-,13-,14+/m1/s1. The molecule has 0 amide bonds. The average Bonchev–Trinajstić information content (AvgIpc) is 2.98. The second-order valence-corrected chi connectivity index (χ2v) is 6.35. The lowest BCUT2D eigenvalue weighted by Crippen LogP contribution is -2.32. The molecule has 0 aromatic carbocycles. The molecule has 2 rings (SSSR count). The van der Waals surface area contributed by atoms with Crippen molar-refractivity contribution in [2.45, 2.75) is 25.0 Å². The van der Waals surface area contributed by atoms with Crippen molar-refractivity contribution >= 4 is 22.0 Å². The summed E-state index contributed by atoms with van der Waals surface area (Å²) in [6, 6.07) is -0.0928. The molecule has 9 heteroatoms. The van der Waals surface area contributed by atoms with Crippen molar-refractivity contribution < 1.29 is 18.9 Å². The smallest absolute Gasteiger partial charge is 0.328 e. The molecule has 1 heterocycles. The molecule has 1 aromatic rings. The number of ether oxygens (including phenoxy) is 4. The molecular weight excluding hydrogens is 396 g/mol. The first-order valence-corrected chi connectivity index (χ1v) is 8.81. The lowest BCUT2D eigenvalue weighted by Gasteiger charge is -2.19. The van der Waals surface area contributed by atoms with E-state index in [1.165, 1.54) is 0 Å². The summed E-state index contributed by atoms with van der Waals surface area (Å²) in [7, 11) is 3.13. The molecule has 0 unspecified atom stereocenters. The Labute approximate surface area is 153 Å². The largest absolute Gasteiger partial charge is 0.359 e. The number of hydrogen-bond acceptors (Lipinski definition) is 6. The Kier molecular flexibility index (Phi) is 8.04. The monoisotopic (exact) mass is 418 g/mol. The molecule has 1 saturated carbocycles. The fourth-order valence-corrected chi connectivity index (χ4v) is 3.35. The topological polar surface area (TPSA) is 91.8 Å². The van der Waals surface area contributed by atoms with Gasteiger partial charge in [0.05, 0.1) is 18.3 Å². The summed E-state index contributed by atoms with van der Waals surface area (Å²) >= 11 is 3.15. The number of aromatic nitrogens is 2. The number of nitrogens with one attached hydrogen (secondary N) is 1. The van der Waals surface area contributed by atoms with E-state index in [-0.39, 0.29) is 31.6 Å². The van der Waals surface area contributed by atoms with Gasteiger partial charge in [0, 0.05) is 32.4 Å². The lowest BCUT2D eigenvalue weighted by molar-refractivity contribution is -0.106. The summed E-state index contributed by atoms with van der Waals surface area (Å²) in [5, 5.41) is 0. The summed E-state index contributed by atoms with van der Waals surface area (Å²) in [4.78, 5) is 28.0. The van der Waals surface area contributed by atoms with Gasteiger partial charge in [0.15, 0.2) is 0 Å². The molecule has 1 aromatic heterocycles. The third-order valence-corrected chi connectivity index (χ3v) is 4.43. The maximum Gasteiger partial charge on any atom is 0.328 e. The van der Waals surface area contributed by atoms with Crippen LogP contribution in [0.1, 0.15) is 24.4 Å². The van der Waals surface area contributed by atoms with Gasteiger partial charge in [0.1, 0.15) is 13.6 Å². The van der Waals surface area contributed by atoms with Gasteiger partial charge in [0.25, 0.3) is 5.56 Å². The van der Waals surface area contributed by atoms with Crippen LogP contribution in [0.25, 0.3) is 6.08 Å². The highest BCUT2D eigenvalue weighted by Crippen LogP contribution is 2.36. The van der Waals surface area contributed by atoms with Crippen LogP contribution in [0, 0.1) is 5.92 Å². The quantitative estimate of drug-likeness (QED) is 0.482. The molecule has 0 radical (unpaired) electrons. The molecule has 0 bridgehead atoms. The summed E-state index contributed by atoms with van der Waals surface area (Å²) in [5.41, 5.74) is -0.433. The zero-order valence-electron chi connectivity index (χ0n) is 14.3. The second kappa shape index (κ2) is 10.0. The molecule has 8 nitrogen and oxygen atoms in total. The Hall–Kier alpha value is -1.26. The van der Waals surface area contributed by atoms with Crippen molar-refractivity contribution in [1.82, 2.24) is 9.55 Å². The van der Waals surface area contributed by atoms with Crippen LogP contribution in [0.2, 0.25) is 0 Å². The van der Waals surface area contributed by atoms with Crippen LogP contribution in [0.3, 0.4) is 0 Å². The normalized spacial score (nSPS) is 23.6. The second-order valence-electron chi connectivity index (χ2n) is 5.82. The van der Waals surface area contributed by atoms with E-state index < -0.39 is 11.2 Å². The van der Waals surface area contributed by atoms with Gasteiger partial charge >= 0.3 is 5.69 Å². The van der Waals surface area contributed by atoms with E-state index in [2.05, 4.69) is 20.9 Å². The average molecular weight is 419 g/mol. The van der Waals surface area contributed by atoms with Gasteiger partial charge in [-0.05, 0) is 23.9 Å². The van der Waals surface area contributed by atoms with E-state index >= 15 is 0 Å². The minimum Gasteiger partial charge on any atom is -0.359 e. The van der Waals surface area contributed by atoms with E-state index in [0.29, 0.717) is 25.0 Å². The van der Waals surface area contributed by atoms with Crippen molar-refractivity contribution in [3.63, 3.8) is 0 Å². The molecule has 1 aliphatic rings. The number of halogens is 1. The van der Waals surface area contributed by atoms with Gasteiger partial charge in [-0.2, -0.15) is 0 Å². The third kappa shape index (κ3) is 5.35. The van der Waals surface area contributed by atoms with Crippen molar-refractivity contribution in [2.75, 3.05) is 34.4 Å². The minimum absolute atomic E-state index is 0.0928. The highest BCUT2D eigenvalue weighted by molar-refractivity contribution is 9.11. The van der Waals surface area contributed by atoms with Gasteiger partial charge in [-0.15, -0.1) is 0 Å².